The van der Waals surface area contributed by atoms with Crippen molar-refractivity contribution in [3.63, 3.8) is 0 Å². The smallest absolute Gasteiger partial charge is 0.267 e. The zero-order valence-corrected chi connectivity index (χ0v) is 15.1. The van der Waals surface area contributed by atoms with Gasteiger partial charge in [-0.25, -0.2) is 4.39 Å². The number of carbonyl (C=O) groups is 1. The summed E-state index contributed by atoms with van der Waals surface area (Å²) >= 11 is 0. The number of halogens is 1. The number of hydrogen-bond donors (Lipinski definition) is 2. The molecular formula is C21H23FN4O. The second kappa shape index (κ2) is 7.80. The highest BCUT2D eigenvalue weighted by Crippen LogP contribution is 2.18. The molecule has 0 radical (unpaired) electrons. The van der Waals surface area contributed by atoms with Crippen molar-refractivity contribution < 1.29 is 9.18 Å². The number of amides is 1. The average molecular weight is 366 g/mol. The lowest BCUT2D eigenvalue weighted by atomic mass is 10.2. The van der Waals surface area contributed by atoms with Crippen molar-refractivity contribution in [2.24, 2.45) is 0 Å². The lowest BCUT2D eigenvalue weighted by Crippen LogP contribution is -2.48. The highest BCUT2D eigenvalue weighted by molar-refractivity contribution is 5.98. The number of aromatic amines is 1. The molecule has 1 aliphatic rings. The van der Waals surface area contributed by atoms with Gasteiger partial charge in [0.2, 0.25) is 0 Å². The summed E-state index contributed by atoms with van der Waals surface area (Å²) in [5.74, 6) is -0.521. The van der Waals surface area contributed by atoms with Crippen molar-refractivity contribution >= 4 is 22.5 Å². The van der Waals surface area contributed by atoms with Crippen LogP contribution in [0.4, 0.5) is 10.1 Å². The third-order valence-electron chi connectivity index (χ3n) is 5.06. The van der Waals surface area contributed by atoms with E-state index in [4.69, 9.17) is 0 Å². The van der Waals surface area contributed by atoms with Crippen LogP contribution in [-0.4, -0.2) is 55.1 Å². The number of H-pyrrole nitrogens is 1. The fourth-order valence-corrected chi connectivity index (χ4v) is 3.53. The number of aromatic nitrogens is 1. The molecule has 6 heteroatoms. The third-order valence-corrected chi connectivity index (χ3v) is 5.06. The summed E-state index contributed by atoms with van der Waals surface area (Å²) < 4.78 is 13.7. The fourth-order valence-electron chi connectivity index (χ4n) is 3.53. The summed E-state index contributed by atoms with van der Waals surface area (Å²) in [5, 5.41) is 3.37. The number of nitrogens with zero attached hydrogens (tertiary/aromatic N) is 2. The number of carbonyl (C=O) groups excluding carboxylic acids is 1. The van der Waals surface area contributed by atoms with Crippen molar-refractivity contribution in [2.75, 3.05) is 44.2 Å². The maximum Gasteiger partial charge on any atom is 0.267 e. The maximum atomic E-state index is 13.7. The largest absolute Gasteiger partial charge is 0.369 e. The van der Waals surface area contributed by atoms with Crippen LogP contribution >= 0.6 is 0 Å². The van der Waals surface area contributed by atoms with E-state index >= 15 is 0 Å². The Morgan fingerprint density at radius 1 is 1.04 bits per heavy atom. The molecule has 1 aromatic heterocycles. The van der Waals surface area contributed by atoms with Crippen LogP contribution in [-0.2, 0) is 0 Å². The molecule has 0 bridgehead atoms. The minimum atomic E-state index is -0.320. The minimum absolute atomic E-state index is 0.200. The Morgan fingerprint density at radius 2 is 1.81 bits per heavy atom. The number of piperazine rings is 1. The van der Waals surface area contributed by atoms with Gasteiger partial charge in [-0.15, -0.1) is 0 Å². The van der Waals surface area contributed by atoms with Gasteiger partial charge in [0.25, 0.3) is 5.91 Å². The van der Waals surface area contributed by atoms with E-state index in [-0.39, 0.29) is 11.7 Å². The van der Waals surface area contributed by atoms with E-state index in [1.807, 2.05) is 6.07 Å². The molecule has 1 saturated heterocycles. The second-order valence-corrected chi connectivity index (χ2v) is 6.80. The Morgan fingerprint density at radius 3 is 2.56 bits per heavy atom. The van der Waals surface area contributed by atoms with Crippen molar-refractivity contribution in [2.45, 2.75) is 0 Å². The Labute approximate surface area is 157 Å². The predicted octanol–water partition coefficient (Wildman–Crippen LogP) is 2.86. The molecule has 2 aromatic carbocycles. The zero-order valence-electron chi connectivity index (χ0n) is 15.1. The first-order chi connectivity index (χ1) is 13.2. The first-order valence-electron chi connectivity index (χ1n) is 9.28. The molecule has 2 N–H and O–H groups in total. The standard InChI is InChI=1S/C21H23FN4O/c22-18-7-4-8-19-17(18)15-20(24-19)21(27)23-9-10-25-11-13-26(14-12-25)16-5-2-1-3-6-16/h1-8,15,24H,9-14H2,(H,23,27). The fraction of sp³-hybridized carbons (Fsp3) is 0.286. The van der Waals surface area contributed by atoms with Crippen molar-refractivity contribution in [1.82, 2.24) is 15.2 Å². The molecule has 27 heavy (non-hydrogen) atoms. The Kier molecular flexibility index (Phi) is 5.07. The molecule has 0 unspecified atom stereocenters. The van der Waals surface area contributed by atoms with Gasteiger partial charge in [-0.05, 0) is 30.3 Å². The predicted molar refractivity (Wildman–Crippen MR) is 106 cm³/mol. The Hall–Kier alpha value is -2.86. The van der Waals surface area contributed by atoms with Crippen molar-refractivity contribution in [3.05, 3.63) is 66.1 Å². The second-order valence-electron chi connectivity index (χ2n) is 6.80. The molecule has 4 rings (SSSR count). The van der Waals surface area contributed by atoms with Crippen molar-refractivity contribution in [1.29, 1.82) is 0 Å². The van der Waals surface area contributed by atoms with Gasteiger partial charge in [0.15, 0.2) is 0 Å². The number of benzene rings is 2. The molecule has 1 fully saturated rings. The summed E-state index contributed by atoms with van der Waals surface area (Å²) in [6.07, 6.45) is 0. The molecule has 1 aliphatic heterocycles. The normalized spacial score (nSPS) is 15.2. The molecule has 0 saturated carbocycles. The lowest BCUT2D eigenvalue weighted by Gasteiger charge is -2.36. The number of para-hydroxylation sites is 1. The molecule has 2 heterocycles. The van der Waals surface area contributed by atoms with Gasteiger partial charge in [0, 0.05) is 55.9 Å². The van der Waals surface area contributed by atoms with Crippen LogP contribution in [0, 0.1) is 5.82 Å². The minimum Gasteiger partial charge on any atom is -0.369 e. The van der Waals surface area contributed by atoms with E-state index < -0.39 is 0 Å². The lowest BCUT2D eigenvalue weighted by molar-refractivity contribution is 0.0943. The summed E-state index contributed by atoms with van der Waals surface area (Å²) in [6, 6.07) is 16.8. The first-order valence-corrected chi connectivity index (χ1v) is 9.28. The zero-order chi connectivity index (χ0) is 18.6. The summed E-state index contributed by atoms with van der Waals surface area (Å²) in [6.45, 7) is 5.30. The number of rotatable bonds is 5. The first kappa shape index (κ1) is 17.5. The topological polar surface area (TPSA) is 51.4 Å². The van der Waals surface area contributed by atoms with Crippen LogP contribution < -0.4 is 10.2 Å². The van der Waals surface area contributed by atoms with Gasteiger partial charge in [-0.2, -0.15) is 0 Å². The quantitative estimate of drug-likeness (QED) is 0.730. The molecule has 0 aliphatic carbocycles. The van der Waals surface area contributed by atoms with Gasteiger partial charge >= 0.3 is 0 Å². The summed E-state index contributed by atoms with van der Waals surface area (Å²) in [4.78, 5) is 20.0. The molecule has 5 nitrogen and oxygen atoms in total. The Bertz CT molecular complexity index is 916. The molecule has 140 valence electrons. The van der Waals surface area contributed by atoms with Gasteiger partial charge in [-0.1, -0.05) is 24.3 Å². The van der Waals surface area contributed by atoms with Gasteiger partial charge < -0.3 is 15.2 Å². The molecule has 3 aromatic rings. The SMILES string of the molecule is O=C(NCCN1CCN(c2ccccc2)CC1)c1cc2c(F)cccc2[nH]1. The molecule has 0 atom stereocenters. The van der Waals surface area contributed by atoms with E-state index in [1.54, 1.807) is 18.2 Å². The van der Waals surface area contributed by atoms with Crippen LogP contribution in [0.25, 0.3) is 10.9 Å². The van der Waals surface area contributed by atoms with E-state index in [9.17, 15) is 9.18 Å². The molecule has 1 amide bonds. The van der Waals surface area contributed by atoms with Crippen molar-refractivity contribution in [3.8, 4) is 0 Å². The number of hydrogen-bond acceptors (Lipinski definition) is 3. The number of fused-ring (bicyclic) bond motifs is 1. The van der Waals surface area contributed by atoms with E-state index in [0.717, 1.165) is 32.7 Å². The number of anilines is 1. The molecule has 0 spiro atoms. The summed E-state index contributed by atoms with van der Waals surface area (Å²) in [5.41, 5.74) is 2.29. The van der Waals surface area contributed by atoms with Crippen LogP contribution in [0.5, 0.6) is 0 Å². The highest BCUT2D eigenvalue weighted by Gasteiger charge is 2.17. The highest BCUT2D eigenvalue weighted by atomic mass is 19.1. The van der Waals surface area contributed by atoms with E-state index in [1.165, 1.54) is 11.8 Å². The third kappa shape index (κ3) is 3.95. The van der Waals surface area contributed by atoms with Crippen LogP contribution in [0.3, 0.4) is 0 Å². The van der Waals surface area contributed by atoms with Gasteiger partial charge in [0.05, 0.1) is 0 Å². The summed E-state index contributed by atoms with van der Waals surface area (Å²) in [7, 11) is 0. The monoisotopic (exact) mass is 366 g/mol. The Balaban J connectivity index is 1.25. The molecular weight excluding hydrogens is 343 g/mol. The van der Waals surface area contributed by atoms with Gasteiger partial charge in [0.1, 0.15) is 11.5 Å². The van der Waals surface area contributed by atoms with Gasteiger partial charge in [-0.3, -0.25) is 9.69 Å². The number of nitrogens with one attached hydrogen (secondary N) is 2. The maximum absolute atomic E-state index is 13.7. The van der Waals surface area contributed by atoms with E-state index in [2.05, 4.69) is 44.4 Å². The van der Waals surface area contributed by atoms with Crippen LogP contribution in [0.15, 0.2) is 54.6 Å². The average Bonchev–Trinajstić information content (AvgIpc) is 3.15. The van der Waals surface area contributed by atoms with Crippen LogP contribution in [0.1, 0.15) is 10.5 Å². The van der Waals surface area contributed by atoms with E-state index in [0.29, 0.717) is 23.1 Å². The van der Waals surface area contributed by atoms with Crippen LogP contribution in [0.2, 0.25) is 0 Å².